The minimum Gasteiger partial charge on any atom is -0.507 e. The molecule has 0 atom stereocenters. The minimum absolute atomic E-state index is 0.0904. The van der Waals surface area contributed by atoms with Crippen molar-refractivity contribution in [2.45, 2.75) is 0 Å². The molecule has 0 aliphatic rings. The van der Waals surface area contributed by atoms with Crippen molar-refractivity contribution < 1.29 is 14.3 Å². The highest BCUT2D eigenvalue weighted by Crippen LogP contribution is 2.21. The van der Waals surface area contributed by atoms with Crippen LogP contribution in [0.25, 0.3) is 5.65 Å². The molecule has 3 aromatic rings. The summed E-state index contributed by atoms with van der Waals surface area (Å²) in [7, 11) is 0. The van der Waals surface area contributed by atoms with Crippen molar-refractivity contribution in [3.05, 3.63) is 47.4 Å². The molecule has 3 N–H and O–H groups in total. The van der Waals surface area contributed by atoms with Gasteiger partial charge in [-0.25, -0.2) is 4.39 Å². The van der Waals surface area contributed by atoms with Gasteiger partial charge in [-0.05, 0) is 24.3 Å². The summed E-state index contributed by atoms with van der Waals surface area (Å²) >= 11 is 0. The Morgan fingerprint density at radius 1 is 1.30 bits per heavy atom. The van der Waals surface area contributed by atoms with E-state index in [9.17, 15) is 14.3 Å². The molecule has 100 valence electrons. The molecule has 2 aromatic heterocycles. The van der Waals surface area contributed by atoms with Crippen LogP contribution in [0, 0.1) is 5.82 Å². The molecule has 0 spiro atoms. The third-order valence-electron chi connectivity index (χ3n) is 2.75. The van der Waals surface area contributed by atoms with Gasteiger partial charge in [-0.3, -0.25) is 4.79 Å². The third kappa shape index (κ3) is 1.83. The molecule has 20 heavy (non-hydrogen) atoms. The van der Waals surface area contributed by atoms with E-state index in [-0.39, 0.29) is 28.5 Å². The van der Waals surface area contributed by atoms with E-state index in [2.05, 4.69) is 15.3 Å². The molecule has 0 saturated carbocycles. The second-order valence-corrected chi connectivity index (χ2v) is 4.06. The van der Waals surface area contributed by atoms with Crippen molar-refractivity contribution in [1.29, 1.82) is 0 Å². The van der Waals surface area contributed by atoms with Gasteiger partial charge in [0.25, 0.3) is 0 Å². The van der Waals surface area contributed by atoms with E-state index in [0.29, 0.717) is 0 Å². The number of ketones is 1. The number of phenols is 1. The summed E-state index contributed by atoms with van der Waals surface area (Å²) < 4.78 is 14.4. The minimum atomic E-state index is -0.619. The summed E-state index contributed by atoms with van der Waals surface area (Å²) in [5.41, 5.74) is 5.79. The molecule has 0 saturated heterocycles. The standard InChI is InChI=1S/C12H8FN5O2/c13-7-1-2-9(19)8(4-7)11(20)6-3-10-16-17-12(14)18(10)15-5-6/h1-5,19H,(H2,14,17). The topological polar surface area (TPSA) is 106 Å². The number of carbonyl (C=O) groups is 1. The molecule has 0 aliphatic heterocycles. The zero-order chi connectivity index (χ0) is 14.3. The Hall–Kier alpha value is -3.03. The van der Waals surface area contributed by atoms with Crippen LogP contribution in [-0.4, -0.2) is 30.7 Å². The lowest BCUT2D eigenvalue weighted by Gasteiger charge is -2.04. The largest absolute Gasteiger partial charge is 0.507 e. The second kappa shape index (κ2) is 4.26. The fourth-order valence-corrected chi connectivity index (χ4v) is 1.78. The average molecular weight is 273 g/mol. The number of nitrogens with zero attached hydrogens (tertiary/aromatic N) is 4. The Kier molecular flexibility index (Phi) is 2.56. The molecule has 0 amide bonds. The predicted octanol–water partition coefficient (Wildman–Crippen LogP) is 0.782. The van der Waals surface area contributed by atoms with Gasteiger partial charge in [0.15, 0.2) is 11.4 Å². The van der Waals surface area contributed by atoms with Gasteiger partial charge < -0.3 is 10.8 Å². The van der Waals surface area contributed by atoms with Gasteiger partial charge >= 0.3 is 0 Å². The number of phenolic OH excluding ortho intramolecular Hbond substituents is 1. The monoisotopic (exact) mass is 273 g/mol. The van der Waals surface area contributed by atoms with Crippen LogP contribution in [0.1, 0.15) is 15.9 Å². The maximum atomic E-state index is 13.2. The van der Waals surface area contributed by atoms with Crippen LogP contribution in [0.5, 0.6) is 5.75 Å². The number of carbonyl (C=O) groups excluding carboxylic acids is 1. The number of nitrogen functional groups attached to an aromatic ring is 1. The molecule has 8 heteroatoms. The zero-order valence-electron chi connectivity index (χ0n) is 9.99. The number of nitrogens with two attached hydrogens (primary N) is 1. The number of halogens is 1. The molecule has 0 aliphatic carbocycles. The van der Waals surface area contributed by atoms with E-state index < -0.39 is 11.6 Å². The number of aromatic nitrogens is 4. The highest BCUT2D eigenvalue weighted by Gasteiger charge is 2.16. The number of fused-ring (bicyclic) bond motifs is 1. The van der Waals surface area contributed by atoms with Crippen LogP contribution in [0.3, 0.4) is 0 Å². The lowest BCUT2D eigenvalue weighted by Crippen LogP contribution is -2.06. The number of anilines is 1. The average Bonchev–Trinajstić information content (AvgIpc) is 2.82. The Morgan fingerprint density at radius 3 is 2.90 bits per heavy atom. The first-order chi connectivity index (χ1) is 9.56. The highest BCUT2D eigenvalue weighted by molar-refractivity contribution is 6.10. The van der Waals surface area contributed by atoms with Crippen LogP contribution in [-0.2, 0) is 0 Å². The normalized spacial score (nSPS) is 10.8. The van der Waals surface area contributed by atoms with E-state index in [1.165, 1.54) is 16.8 Å². The molecular formula is C12H8FN5O2. The summed E-state index contributed by atoms with van der Waals surface area (Å²) in [4.78, 5) is 12.2. The van der Waals surface area contributed by atoms with E-state index in [4.69, 9.17) is 5.73 Å². The van der Waals surface area contributed by atoms with Crippen LogP contribution in [0.4, 0.5) is 10.3 Å². The number of hydrogen-bond donors (Lipinski definition) is 2. The SMILES string of the molecule is Nc1nnc2cc(C(=O)c3cc(F)ccc3O)cnn12. The molecule has 1 aromatic carbocycles. The van der Waals surface area contributed by atoms with Gasteiger partial charge in [0, 0.05) is 5.56 Å². The zero-order valence-corrected chi connectivity index (χ0v) is 9.99. The Balaban J connectivity index is 2.10. The van der Waals surface area contributed by atoms with Crippen molar-refractivity contribution >= 4 is 17.4 Å². The van der Waals surface area contributed by atoms with E-state index in [0.717, 1.165) is 18.2 Å². The van der Waals surface area contributed by atoms with Gasteiger partial charge in [0.2, 0.25) is 5.95 Å². The van der Waals surface area contributed by atoms with E-state index in [1.54, 1.807) is 0 Å². The molecule has 7 nitrogen and oxygen atoms in total. The molecule has 0 bridgehead atoms. The van der Waals surface area contributed by atoms with Crippen LogP contribution >= 0.6 is 0 Å². The summed E-state index contributed by atoms with van der Waals surface area (Å²) in [5.74, 6) is -1.41. The molecule has 3 rings (SSSR count). The summed E-state index contributed by atoms with van der Waals surface area (Å²) in [6.07, 6.45) is 1.25. The smallest absolute Gasteiger partial charge is 0.243 e. The van der Waals surface area contributed by atoms with Crippen LogP contribution in [0.2, 0.25) is 0 Å². The fraction of sp³-hybridized carbons (Fsp3) is 0. The predicted molar refractivity (Wildman–Crippen MR) is 66.7 cm³/mol. The van der Waals surface area contributed by atoms with Gasteiger partial charge in [0.1, 0.15) is 11.6 Å². The van der Waals surface area contributed by atoms with Crippen molar-refractivity contribution in [3.8, 4) is 5.75 Å². The third-order valence-corrected chi connectivity index (χ3v) is 2.75. The van der Waals surface area contributed by atoms with Crippen molar-refractivity contribution in [2.24, 2.45) is 0 Å². The van der Waals surface area contributed by atoms with E-state index in [1.807, 2.05) is 0 Å². The molecule has 0 unspecified atom stereocenters. The first-order valence-corrected chi connectivity index (χ1v) is 5.56. The lowest BCUT2D eigenvalue weighted by molar-refractivity contribution is 0.103. The summed E-state index contributed by atoms with van der Waals surface area (Å²) in [5, 5.41) is 20.9. The maximum absolute atomic E-state index is 13.2. The highest BCUT2D eigenvalue weighted by atomic mass is 19.1. The number of benzene rings is 1. The maximum Gasteiger partial charge on any atom is 0.243 e. The Labute approximate surface area is 111 Å². The Morgan fingerprint density at radius 2 is 2.10 bits per heavy atom. The number of hydrogen-bond acceptors (Lipinski definition) is 6. The van der Waals surface area contributed by atoms with Gasteiger partial charge in [-0.15, -0.1) is 10.2 Å². The fourth-order valence-electron chi connectivity index (χ4n) is 1.78. The van der Waals surface area contributed by atoms with Gasteiger partial charge in [-0.2, -0.15) is 9.61 Å². The first kappa shape index (κ1) is 12.0. The van der Waals surface area contributed by atoms with Gasteiger partial charge in [-0.1, -0.05) is 0 Å². The number of aromatic hydroxyl groups is 1. The first-order valence-electron chi connectivity index (χ1n) is 5.56. The van der Waals surface area contributed by atoms with Crippen molar-refractivity contribution in [3.63, 3.8) is 0 Å². The second-order valence-electron chi connectivity index (χ2n) is 4.06. The lowest BCUT2D eigenvalue weighted by atomic mass is 10.0. The van der Waals surface area contributed by atoms with Gasteiger partial charge in [0.05, 0.1) is 11.8 Å². The molecule has 0 radical (unpaired) electrons. The quantitative estimate of drug-likeness (QED) is 0.668. The van der Waals surface area contributed by atoms with Crippen molar-refractivity contribution in [2.75, 3.05) is 5.73 Å². The Bertz CT molecular complexity index is 830. The van der Waals surface area contributed by atoms with Crippen LogP contribution in [0.15, 0.2) is 30.5 Å². The summed E-state index contributed by atoms with van der Waals surface area (Å²) in [6, 6.07) is 4.54. The van der Waals surface area contributed by atoms with Crippen molar-refractivity contribution in [1.82, 2.24) is 19.8 Å². The molecular weight excluding hydrogens is 265 g/mol. The van der Waals surface area contributed by atoms with E-state index >= 15 is 0 Å². The summed E-state index contributed by atoms with van der Waals surface area (Å²) in [6.45, 7) is 0. The number of rotatable bonds is 2. The van der Waals surface area contributed by atoms with Crippen LogP contribution < -0.4 is 5.73 Å². The molecule has 0 fully saturated rings. The molecule has 2 heterocycles.